The number of aromatic nitrogens is 1. The second-order valence-electron chi connectivity index (χ2n) is 6.24. The Labute approximate surface area is 141 Å². The summed E-state index contributed by atoms with van der Waals surface area (Å²) in [7, 11) is 0. The zero-order valence-corrected chi connectivity index (χ0v) is 14.4. The van der Waals surface area contributed by atoms with E-state index in [1.807, 2.05) is 29.4 Å². The smallest absolute Gasteiger partial charge is 0.232 e. The van der Waals surface area contributed by atoms with Gasteiger partial charge in [0.2, 0.25) is 5.91 Å². The lowest BCUT2D eigenvalue weighted by Gasteiger charge is -2.50. The SMILES string of the molecule is CSCC(=O)N1CC2(C1)OCCC2CCOCc1ccccn1. The van der Waals surface area contributed by atoms with Gasteiger partial charge in [0.15, 0.2) is 0 Å². The summed E-state index contributed by atoms with van der Waals surface area (Å²) in [5.41, 5.74) is 0.852. The lowest BCUT2D eigenvalue weighted by Crippen LogP contribution is -2.66. The van der Waals surface area contributed by atoms with Crippen LogP contribution in [0.3, 0.4) is 0 Å². The fourth-order valence-electron chi connectivity index (χ4n) is 3.42. The summed E-state index contributed by atoms with van der Waals surface area (Å²) in [5.74, 6) is 1.28. The monoisotopic (exact) mass is 336 g/mol. The Bertz CT molecular complexity index is 520. The van der Waals surface area contributed by atoms with Crippen LogP contribution >= 0.6 is 11.8 Å². The second-order valence-corrected chi connectivity index (χ2v) is 7.11. The van der Waals surface area contributed by atoms with Gasteiger partial charge < -0.3 is 14.4 Å². The van der Waals surface area contributed by atoms with Crippen molar-refractivity contribution in [2.75, 3.05) is 38.3 Å². The third kappa shape index (κ3) is 3.87. The molecule has 23 heavy (non-hydrogen) atoms. The van der Waals surface area contributed by atoms with Crippen molar-refractivity contribution in [3.8, 4) is 0 Å². The molecule has 1 spiro atoms. The summed E-state index contributed by atoms with van der Waals surface area (Å²) in [6, 6.07) is 5.85. The highest BCUT2D eigenvalue weighted by atomic mass is 32.2. The van der Waals surface area contributed by atoms with Gasteiger partial charge in [-0.05, 0) is 37.1 Å². The van der Waals surface area contributed by atoms with E-state index in [9.17, 15) is 4.79 Å². The van der Waals surface area contributed by atoms with E-state index in [4.69, 9.17) is 9.47 Å². The Balaban J connectivity index is 1.41. The largest absolute Gasteiger partial charge is 0.375 e. The molecule has 3 rings (SSSR count). The maximum Gasteiger partial charge on any atom is 0.232 e. The van der Waals surface area contributed by atoms with Crippen molar-refractivity contribution in [3.05, 3.63) is 30.1 Å². The first kappa shape index (κ1) is 16.7. The molecule has 0 saturated carbocycles. The van der Waals surface area contributed by atoms with Crippen LogP contribution in [-0.2, 0) is 20.9 Å². The molecule has 1 aromatic rings. The van der Waals surface area contributed by atoms with Gasteiger partial charge in [-0.2, -0.15) is 11.8 Å². The van der Waals surface area contributed by atoms with Gasteiger partial charge in [-0.25, -0.2) is 0 Å². The molecule has 0 N–H and O–H groups in total. The first-order valence-corrected chi connectivity index (χ1v) is 9.51. The van der Waals surface area contributed by atoms with Gasteiger partial charge in [0.1, 0.15) is 5.60 Å². The molecule has 0 bridgehead atoms. The number of nitrogens with zero attached hydrogens (tertiary/aromatic N) is 2. The number of hydrogen-bond donors (Lipinski definition) is 0. The highest BCUT2D eigenvalue weighted by Crippen LogP contribution is 2.41. The van der Waals surface area contributed by atoms with E-state index < -0.39 is 0 Å². The molecule has 1 atom stereocenters. The third-order valence-electron chi connectivity index (χ3n) is 4.72. The minimum absolute atomic E-state index is 0.109. The number of carbonyl (C=O) groups excluding carboxylic acids is 1. The van der Waals surface area contributed by atoms with E-state index in [0.717, 1.165) is 38.2 Å². The van der Waals surface area contributed by atoms with Crippen molar-refractivity contribution >= 4 is 17.7 Å². The number of rotatable bonds is 7. The van der Waals surface area contributed by atoms with Crippen LogP contribution in [0, 0.1) is 5.92 Å². The van der Waals surface area contributed by atoms with Gasteiger partial charge in [0.25, 0.3) is 0 Å². The Morgan fingerprint density at radius 2 is 2.39 bits per heavy atom. The van der Waals surface area contributed by atoms with E-state index in [1.54, 1.807) is 18.0 Å². The van der Waals surface area contributed by atoms with Crippen molar-refractivity contribution < 1.29 is 14.3 Å². The number of hydrogen-bond acceptors (Lipinski definition) is 5. The lowest BCUT2D eigenvalue weighted by atomic mass is 9.79. The average molecular weight is 336 g/mol. The third-order valence-corrected chi connectivity index (χ3v) is 5.26. The van der Waals surface area contributed by atoms with Crippen molar-refractivity contribution in [3.63, 3.8) is 0 Å². The van der Waals surface area contributed by atoms with Crippen molar-refractivity contribution in [1.29, 1.82) is 0 Å². The molecule has 1 aromatic heterocycles. The molecule has 1 amide bonds. The Morgan fingerprint density at radius 3 is 3.13 bits per heavy atom. The van der Waals surface area contributed by atoms with Crippen molar-refractivity contribution in [2.24, 2.45) is 5.92 Å². The molecular weight excluding hydrogens is 312 g/mol. The fourth-order valence-corrected chi connectivity index (χ4v) is 3.85. The predicted octanol–water partition coefficient (Wildman–Crippen LogP) is 1.97. The summed E-state index contributed by atoms with van der Waals surface area (Å²) in [5, 5.41) is 0. The van der Waals surface area contributed by atoms with Crippen LogP contribution in [0.5, 0.6) is 0 Å². The van der Waals surface area contributed by atoms with Crippen molar-refractivity contribution in [1.82, 2.24) is 9.88 Å². The van der Waals surface area contributed by atoms with Gasteiger partial charge in [-0.1, -0.05) is 6.07 Å². The summed E-state index contributed by atoms with van der Waals surface area (Å²) in [6.07, 6.45) is 5.79. The Hall–Kier alpha value is -1.11. The van der Waals surface area contributed by atoms with Crippen LogP contribution in [0.15, 0.2) is 24.4 Å². The van der Waals surface area contributed by atoms with E-state index in [0.29, 0.717) is 24.9 Å². The maximum atomic E-state index is 11.9. The van der Waals surface area contributed by atoms with E-state index >= 15 is 0 Å². The summed E-state index contributed by atoms with van der Waals surface area (Å²) < 4.78 is 11.7. The number of likely N-dealkylation sites (tertiary alicyclic amines) is 1. The first-order valence-electron chi connectivity index (χ1n) is 8.12. The normalized spacial score (nSPS) is 22.3. The number of ether oxygens (including phenoxy) is 2. The molecule has 3 heterocycles. The van der Waals surface area contributed by atoms with Gasteiger partial charge in [-0.15, -0.1) is 0 Å². The number of pyridine rings is 1. The van der Waals surface area contributed by atoms with Crippen LogP contribution in [-0.4, -0.2) is 59.7 Å². The molecule has 2 fully saturated rings. The standard InChI is InChI=1S/C17H24N2O3S/c1-23-11-16(20)19-12-17(13-19)14(6-9-22-17)5-8-21-10-15-4-2-3-7-18-15/h2-4,7,14H,5-6,8-13H2,1H3. The molecule has 2 saturated heterocycles. The fraction of sp³-hybridized carbons (Fsp3) is 0.647. The molecule has 2 aliphatic rings. The van der Waals surface area contributed by atoms with E-state index in [2.05, 4.69) is 4.98 Å². The minimum atomic E-state index is -0.109. The molecule has 1 unspecified atom stereocenters. The summed E-state index contributed by atoms with van der Waals surface area (Å²) >= 11 is 1.58. The second kappa shape index (κ2) is 7.64. The van der Waals surface area contributed by atoms with Gasteiger partial charge in [0, 0.05) is 19.4 Å². The Kier molecular flexibility index (Phi) is 5.56. The average Bonchev–Trinajstić information content (AvgIpc) is 2.95. The quantitative estimate of drug-likeness (QED) is 0.713. The predicted molar refractivity (Wildman–Crippen MR) is 90.3 cm³/mol. The van der Waals surface area contributed by atoms with Crippen LogP contribution < -0.4 is 0 Å². The van der Waals surface area contributed by atoms with Gasteiger partial charge in [-0.3, -0.25) is 9.78 Å². The number of amides is 1. The summed E-state index contributed by atoms with van der Waals surface area (Å²) in [4.78, 5) is 18.1. The maximum absolute atomic E-state index is 11.9. The van der Waals surface area contributed by atoms with Crippen molar-refractivity contribution in [2.45, 2.75) is 25.0 Å². The molecule has 5 nitrogen and oxygen atoms in total. The molecule has 0 radical (unpaired) electrons. The molecule has 126 valence electrons. The summed E-state index contributed by atoms with van der Waals surface area (Å²) in [6.45, 7) is 3.56. The number of carbonyl (C=O) groups is 1. The Morgan fingerprint density at radius 1 is 1.52 bits per heavy atom. The number of thioether (sulfide) groups is 1. The zero-order chi connectivity index (χ0) is 16.1. The van der Waals surface area contributed by atoms with Gasteiger partial charge in [0.05, 0.1) is 31.1 Å². The molecular formula is C17H24N2O3S. The molecule has 6 heteroatoms. The zero-order valence-electron chi connectivity index (χ0n) is 13.6. The molecule has 2 aliphatic heterocycles. The first-order chi connectivity index (χ1) is 11.2. The van der Waals surface area contributed by atoms with Crippen LogP contribution in [0.4, 0.5) is 0 Å². The van der Waals surface area contributed by atoms with Gasteiger partial charge >= 0.3 is 0 Å². The van der Waals surface area contributed by atoms with Crippen LogP contribution in [0.2, 0.25) is 0 Å². The minimum Gasteiger partial charge on any atom is -0.375 e. The topological polar surface area (TPSA) is 51.7 Å². The lowest BCUT2D eigenvalue weighted by molar-refractivity contribution is -0.163. The van der Waals surface area contributed by atoms with E-state index in [1.165, 1.54) is 0 Å². The molecule has 0 aliphatic carbocycles. The highest BCUT2D eigenvalue weighted by Gasteiger charge is 2.53. The van der Waals surface area contributed by atoms with Crippen LogP contribution in [0.25, 0.3) is 0 Å². The van der Waals surface area contributed by atoms with Crippen LogP contribution in [0.1, 0.15) is 18.5 Å². The highest BCUT2D eigenvalue weighted by molar-refractivity contribution is 7.99. The van der Waals surface area contributed by atoms with E-state index in [-0.39, 0.29) is 11.5 Å². The molecule has 0 aromatic carbocycles.